The molecule has 5 nitrogen and oxygen atoms in total. The van der Waals surface area contributed by atoms with Crippen molar-refractivity contribution in [1.29, 1.82) is 0 Å². The minimum Gasteiger partial charge on any atom is -0.493 e. The van der Waals surface area contributed by atoms with E-state index < -0.39 is 11.5 Å². The third kappa shape index (κ3) is 3.24. The van der Waals surface area contributed by atoms with E-state index in [2.05, 4.69) is 5.32 Å². The van der Waals surface area contributed by atoms with Crippen molar-refractivity contribution in [2.24, 2.45) is 5.92 Å². The van der Waals surface area contributed by atoms with Crippen LogP contribution in [-0.4, -0.2) is 29.1 Å². The minimum absolute atomic E-state index is 0.335. The maximum Gasteiger partial charge on any atom is 0.329 e. The maximum absolute atomic E-state index is 12.3. The molecule has 0 unspecified atom stereocenters. The quantitative estimate of drug-likeness (QED) is 0.847. The molecule has 0 spiro atoms. The Kier molecular flexibility index (Phi) is 4.05. The van der Waals surface area contributed by atoms with Gasteiger partial charge in [-0.15, -0.1) is 0 Å². The van der Waals surface area contributed by atoms with Gasteiger partial charge < -0.3 is 15.2 Å². The zero-order chi connectivity index (χ0) is 15.6. The third-order valence-electron chi connectivity index (χ3n) is 4.52. The van der Waals surface area contributed by atoms with Crippen LogP contribution in [0.4, 0.5) is 0 Å². The summed E-state index contributed by atoms with van der Waals surface area (Å²) in [5, 5.41) is 12.1. The molecule has 0 radical (unpaired) electrons. The highest BCUT2D eigenvalue weighted by molar-refractivity contribution is 5.98. The van der Waals surface area contributed by atoms with Crippen LogP contribution in [-0.2, 0) is 4.79 Å². The lowest BCUT2D eigenvalue weighted by Crippen LogP contribution is -2.52. The zero-order valence-electron chi connectivity index (χ0n) is 12.5. The summed E-state index contributed by atoms with van der Waals surface area (Å²) in [6.45, 7) is 0.730. The van der Waals surface area contributed by atoms with Crippen LogP contribution in [0.5, 0.6) is 5.75 Å². The van der Waals surface area contributed by atoms with Crippen molar-refractivity contribution in [2.45, 2.75) is 44.1 Å². The Morgan fingerprint density at radius 2 is 1.82 bits per heavy atom. The molecule has 1 amide bonds. The van der Waals surface area contributed by atoms with Crippen molar-refractivity contribution >= 4 is 11.9 Å². The lowest BCUT2D eigenvalue weighted by Gasteiger charge is -2.25. The fourth-order valence-electron chi connectivity index (χ4n) is 2.86. The van der Waals surface area contributed by atoms with Crippen LogP contribution in [0.3, 0.4) is 0 Å². The molecule has 0 heterocycles. The van der Waals surface area contributed by atoms with Gasteiger partial charge in [0.15, 0.2) is 0 Å². The Balaban J connectivity index is 1.62. The second-order valence-electron chi connectivity index (χ2n) is 6.33. The first kappa shape index (κ1) is 14.9. The molecule has 0 aliphatic heterocycles. The Labute approximate surface area is 129 Å². The molecule has 2 aliphatic rings. The molecule has 0 bridgehead atoms. The van der Waals surface area contributed by atoms with Gasteiger partial charge in [-0.1, -0.05) is 12.8 Å². The van der Waals surface area contributed by atoms with Gasteiger partial charge in [-0.05, 0) is 55.9 Å². The van der Waals surface area contributed by atoms with Crippen molar-refractivity contribution in [3.8, 4) is 5.75 Å². The molecule has 0 aromatic heterocycles. The molecule has 1 aromatic rings. The number of benzene rings is 1. The molecule has 1 aromatic carbocycles. The average molecular weight is 303 g/mol. The van der Waals surface area contributed by atoms with Gasteiger partial charge in [0.25, 0.3) is 5.91 Å². The SMILES string of the molecule is O=C(NC1(C(=O)O)CCCC1)c1ccc(OCC2CC2)cc1. The number of hydrogen-bond donors (Lipinski definition) is 2. The van der Waals surface area contributed by atoms with E-state index in [9.17, 15) is 14.7 Å². The monoisotopic (exact) mass is 303 g/mol. The molecule has 0 saturated heterocycles. The summed E-state index contributed by atoms with van der Waals surface area (Å²) in [5.74, 6) is 0.152. The first-order valence-electron chi connectivity index (χ1n) is 7.88. The highest BCUT2D eigenvalue weighted by Gasteiger charge is 2.42. The summed E-state index contributed by atoms with van der Waals surface area (Å²) in [7, 11) is 0. The van der Waals surface area contributed by atoms with Gasteiger partial charge in [0.2, 0.25) is 0 Å². The van der Waals surface area contributed by atoms with Crippen LogP contribution < -0.4 is 10.1 Å². The van der Waals surface area contributed by atoms with Crippen molar-refractivity contribution in [3.63, 3.8) is 0 Å². The maximum atomic E-state index is 12.3. The lowest BCUT2D eigenvalue weighted by molar-refractivity contribution is -0.144. The molecule has 2 saturated carbocycles. The Morgan fingerprint density at radius 1 is 1.18 bits per heavy atom. The highest BCUT2D eigenvalue weighted by Crippen LogP contribution is 2.31. The average Bonchev–Trinajstić information content (AvgIpc) is 3.23. The van der Waals surface area contributed by atoms with Crippen LogP contribution >= 0.6 is 0 Å². The van der Waals surface area contributed by atoms with Crippen molar-refractivity contribution < 1.29 is 19.4 Å². The second kappa shape index (κ2) is 5.99. The molecule has 2 N–H and O–H groups in total. The van der Waals surface area contributed by atoms with E-state index in [0.717, 1.165) is 25.2 Å². The van der Waals surface area contributed by atoms with E-state index in [0.29, 0.717) is 24.3 Å². The van der Waals surface area contributed by atoms with Gasteiger partial charge in [0, 0.05) is 5.56 Å². The standard InChI is InChI=1S/C17H21NO4/c19-15(18-17(16(20)21)9-1-2-10-17)13-5-7-14(8-6-13)22-11-12-3-4-12/h5-8,12H,1-4,9-11H2,(H,18,19)(H,20,21). The molecule has 2 fully saturated rings. The van der Waals surface area contributed by atoms with Gasteiger partial charge in [0.1, 0.15) is 11.3 Å². The van der Waals surface area contributed by atoms with Gasteiger partial charge in [-0.25, -0.2) is 4.79 Å². The summed E-state index contributed by atoms with van der Waals surface area (Å²) in [4.78, 5) is 23.7. The van der Waals surface area contributed by atoms with E-state index in [1.54, 1.807) is 24.3 Å². The van der Waals surface area contributed by atoms with E-state index in [1.807, 2.05) is 0 Å². The third-order valence-corrected chi connectivity index (χ3v) is 4.52. The summed E-state index contributed by atoms with van der Waals surface area (Å²) in [5.41, 5.74) is -0.635. The van der Waals surface area contributed by atoms with Crippen molar-refractivity contribution in [1.82, 2.24) is 5.32 Å². The molecule has 22 heavy (non-hydrogen) atoms. The molecule has 118 valence electrons. The van der Waals surface area contributed by atoms with Gasteiger partial charge in [-0.3, -0.25) is 4.79 Å². The number of amides is 1. The van der Waals surface area contributed by atoms with Crippen LogP contribution in [0.1, 0.15) is 48.9 Å². The number of carboxylic acid groups (broad SMARTS) is 1. The first-order valence-corrected chi connectivity index (χ1v) is 7.88. The van der Waals surface area contributed by atoms with E-state index in [-0.39, 0.29) is 5.91 Å². The zero-order valence-corrected chi connectivity index (χ0v) is 12.5. The van der Waals surface area contributed by atoms with Crippen molar-refractivity contribution in [2.75, 3.05) is 6.61 Å². The molecule has 2 aliphatic carbocycles. The van der Waals surface area contributed by atoms with E-state index in [4.69, 9.17) is 4.74 Å². The van der Waals surface area contributed by atoms with Crippen LogP contribution in [0.25, 0.3) is 0 Å². The Morgan fingerprint density at radius 3 is 2.36 bits per heavy atom. The molecular formula is C17H21NO4. The number of rotatable bonds is 6. The van der Waals surface area contributed by atoms with E-state index >= 15 is 0 Å². The molecular weight excluding hydrogens is 282 g/mol. The minimum atomic E-state index is -1.10. The largest absolute Gasteiger partial charge is 0.493 e. The summed E-state index contributed by atoms with van der Waals surface area (Å²) < 4.78 is 5.63. The van der Waals surface area contributed by atoms with Gasteiger partial charge in [-0.2, -0.15) is 0 Å². The predicted molar refractivity (Wildman–Crippen MR) is 81.0 cm³/mol. The summed E-state index contributed by atoms with van der Waals surface area (Å²) in [6, 6.07) is 6.89. The Hall–Kier alpha value is -2.04. The normalized spacial score (nSPS) is 19.6. The number of nitrogens with one attached hydrogen (secondary N) is 1. The van der Waals surface area contributed by atoms with Crippen LogP contribution in [0.15, 0.2) is 24.3 Å². The highest BCUT2D eigenvalue weighted by atomic mass is 16.5. The number of carbonyl (C=O) groups excluding carboxylic acids is 1. The number of carboxylic acids is 1. The predicted octanol–water partition coefficient (Wildman–Crippen LogP) is 2.60. The van der Waals surface area contributed by atoms with Crippen LogP contribution in [0, 0.1) is 5.92 Å². The summed E-state index contributed by atoms with van der Waals surface area (Å²) in [6.07, 6.45) is 5.13. The van der Waals surface area contributed by atoms with Crippen molar-refractivity contribution in [3.05, 3.63) is 29.8 Å². The molecule has 0 atom stereocenters. The Bertz CT molecular complexity index is 557. The number of aliphatic carboxylic acids is 1. The fourth-order valence-corrected chi connectivity index (χ4v) is 2.86. The number of ether oxygens (including phenoxy) is 1. The smallest absolute Gasteiger partial charge is 0.329 e. The van der Waals surface area contributed by atoms with Gasteiger partial charge in [0.05, 0.1) is 6.61 Å². The number of carbonyl (C=O) groups is 2. The van der Waals surface area contributed by atoms with Gasteiger partial charge >= 0.3 is 5.97 Å². The van der Waals surface area contributed by atoms with Crippen LogP contribution in [0.2, 0.25) is 0 Å². The fraction of sp³-hybridized carbons (Fsp3) is 0.529. The topological polar surface area (TPSA) is 75.6 Å². The number of hydrogen-bond acceptors (Lipinski definition) is 3. The first-order chi connectivity index (χ1) is 10.6. The molecule has 5 heteroatoms. The molecule has 3 rings (SSSR count). The second-order valence-corrected chi connectivity index (χ2v) is 6.33. The summed E-state index contributed by atoms with van der Waals surface area (Å²) >= 11 is 0. The lowest BCUT2D eigenvalue weighted by atomic mass is 9.97. The van der Waals surface area contributed by atoms with E-state index in [1.165, 1.54) is 12.8 Å².